The Morgan fingerprint density at radius 3 is 2.00 bits per heavy atom. The van der Waals surface area contributed by atoms with Crippen LogP contribution in [0.2, 0.25) is 0 Å². The topological polar surface area (TPSA) is 46.5 Å². The van der Waals surface area contributed by atoms with Crippen molar-refractivity contribution in [3.63, 3.8) is 0 Å². The van der Waals surface area contributed by atoms with Crippen LogP contribution < -0.4 is 0 Å². The van der Waals surface area contributed by atoms with Crippen molar-refractivity contribution >= 4 is 5.97 Å². The maximum Gasteiger partial charge on any atom is 0.308 e. The van der Waals surface area contributed by atoms with Crippen LogP contribution >= 0.6 is 0 Å². The summed E-state index contributed by atoms with van der Waals surface area (Å²) in [7, 11) is 0. The minimum Gasteiger partial charge on any atom is -0.481 e. The van der Waals surface area contributed by atoms with E-state index in [1.807, 2.05) is 20.8 Å². The molecule has 0 amide bonds. The molecule has 0 aliphatic heterocycles. The number of rotatable bonds is 3. The van der Waals surface area contributed by atoms with E-state index in [0.717, 1.165) is 0 Å². The molecule has 0 aliphatic rings. The first-order valence-corrected chi connectivity index (χ1v) is 4.14. The van der Waals surface area contributed by atoms with Crippen molar-refractivity contribution in [3.05, 3.63) is 0 Å². The van der Waals surface area contributed by atoms with Gasteiger partial charge in [0.05, 0.1) is 17.6 Å². The zero-order valence-electron chi connectivity index (χ0n) is 8.42. The van der Waals surface area contributed by atoms with Gasteiger partial charge in [0, 0.05) is 0 Å². The Hall–Kier alpha value is -0.570. The van der Waals surface area contributed by atoms with Crippen LogP contribution in [0.3, 0.4) is 0 Å². The minimum atomic E-state index is -0.813. The molecule has 0 saturated carbocycles. The van der Waals surface area contributed by atoms with E-state index < -0.39 is 11.9 Å². The molecule has 0 bridgehead atoms. The maximum atomic E-state index is 10.5. The minimum absolute atomic E-state index is 0.248. The molecule has 2 atom stereocenters. The molecular weight excluding hydrogens is 156 g/mol. The highest BCUT2D eigenvalue weighted by Gasteiger charge is 2.24. The van der Waals surface area contributed by atoms with Crippen LogP contribution in [0, 0.1) is 5.92 Å². The number of aliphatic carboxylic acids is 1. The lowest BCUT2D eigenvalue weighted by Gasteiger charge is -2.27. The number of carbonyl (C=O) groups is 1. The second-order valence-corrected chi connectivity index (χ2v) is 4.06. The largest absolute Gasteiger partial charge is 0.481 e. The molecule has 0 aliphatic carbocycles. The van der Waals surface area contributed by atoms with Gasteiger partial charge in [0.25, 0.3) is 0 Å². The summed E-state index contributed by atoms with van der Waals surface area (Å²) in [5.74, 6) is -1.27. The van der Waals surface area contributed by atoms with Gasteiger partial charge < -0.3 is 9.84 Å². The van der Waals surface area contributed by atoms with E-state index in [-0.39, 0.29) is 11.7 Å². The molecule has 0 heterocycles. The first-order valence-electron chi connectivity index (χ1n) is 4.14. The van der Waals surface area contributed by atoms with E-state index in [1.54, 1.807) is 13.8 Å². The van der Waals surface area contributed by atoms with Gasteiger partial charge >= 0.3 is 5.97 Å². The number of hydrogen-bond donors (Lipinski definition) is 1. The van der Waals surface area contributed by atoms with E-state index in [9.17, 15) is 4.79 Å². The summed E-state index contributed by atoms with van der Waals surface area (Å²) in [5, 5.41) is 8.67. The van der Waals surface area contributed by atoms with Gasteiger partial charge in [0.15, 0.2) is 0 Å². The van der Waals surface area contributed by atoms with Gasteiger partial charge in [-0.15, -0.1) is 0 Å². The number of carboxylic acids is 1. The van der Waals surface area contributed by atoms with Gasteiger partial charge in [-0.1, -0.05) is 0 Å². The third kappa shape index (κ3) is 4.34. The van der Waals surface area contributed by atoms with Crippen LogP contribution in [0.25, 0.3) is 0 Å². The summed E-state index contributed by atoms with van der Waals surface area (Å²) >= 11 is 0. The average Bonchev–Trinajstić information content (AvgIpc) is 1.82. The Labute approximate surface area is 73.7 Å². The van der Waals surface area contributed by atoms with Crippen molar-refractivity contribution in [2.75, 3.05) is 0 Å². The number of hydrogen-bond acceptors (Lipinski definition) is 2. The molecule has 0 rings (SSSR count). The van der Waals surface area contributed by atoms with E-state index in [4.69, 9.17) is 9.84 Å². The fourth-order valence-electron chi connectivity index (χ4n) is 0.861. The van der Waals surface area contributed by atoms with Crippen LogP contribution in [0.1, 0.15) is 34.6 Å². The first-order chi connectivity index (χ1) is 5.24. The van der Waals surface area contributed by atoms with Gasteiger partial charge in [0.2, 0.25) is 0 Å². The van der Waals surface area contributed by atoms with Crippen LogP contribution in [0.15, 0.2) is 0 Å². The molecule has 3 nitrogen and oxygen atoms in total. The Bertz CT molecular complexity index is 158. The standard InChI is InChI=1S/C9H18O3/c1-6(8(10)11)7(2)12-9(3,4)5/h6-7H,1-5H3,(H,10,11)/t6-,7+/m0/s1. The van der Waals surface area contributed by atoms with Crippen LogP contribution in [0.4, 0.5) is 0 Å². The molecule has 0 fully saturated rings. The average molecular weight is 174 g/mol. The van der Waals surface area contributed by atoms with Gasteiger partial charge in [-0.25, -0.2) is 0 Å². The summed E-state index contributed by atoms with van der Waals surface area (Å²) in [6, 6.07) is 0. The van der Waals surface area contributed by atoms with Crippen molar-refractivity contribution in [2.24, 2.45) is 5.92 Å². The summed E-state index contributed by atoms with van der Waals surface area (Å²) in [6.07, 6.45) is -0.248. The lowest BCUT2D eigenvalue weighted by atomic mass is 10.1. The molecule has 0 aromatic heterocycles. The Morgan fingerprint density at radius 1 is 1.33 bits per heavy atom. The summed E-state index contributed by atoms with van der Waals surface area (Å²) in [5.41, 5.74) is -0.275. The smallest absolute Gasteiger partial charge is 0.308 e. The molecule has 12 heavy (non-hydrogen) atoms. The predicted molar refractivity (Wildman–Crippen MR) is 47.1 cm³/mol. The number of carboxylic acid groups (broad SMARTS) is 1. The van der Waals surface area contributed by atoms with Gasteiger partial charge in [-0.2, -0.15) is 0 Å². The fourth-order valence-corrected chi connectivity index (χ4v) is 0.861. The van der Waals surface area contributed by atoms with Crippen molar-refractivity contribution in [2.45, 2.75) is 46.3 Å². The fraction of sp³-hybridized carbons (Fsp3) is 0.889. The van der Waals surface area contributed by atoms with Crippen molar-refractivity contribution in [1.82, 2.24) is 0 Å². The van der Waals surface area contributed by atoms with Crippen molar-refractivity contribution in [1.29, 1.82) is 0 Å². The van der Waals surface area contributed by atoms with E-state index in [2.05, 4.69) is 0 Å². The summed E-state index contributed by atoms with van der Waals surface area (Å²) < 4.78 is 5.48. The van der Waals surface area contributed by atoms with Gasteiger partial charge in [-0.3, -0.25) is 4.79 Å². The molecule has 0 unspecified atom stereocenters. The monoisotopic (exact) mass is 174 g/mol. The molecule has 0 aromatic rings. The normalized spacial score (nSPS) is 17.1. The van der Waals surface area contributed by atoms with Crippen LogP contribution in [-0.4, -0.2) is 22.8 Å². The van der Waals surface area contributed by atoms with E-state index >= 15 is 0 Å². The molecule has 0 spiro atoms. The predicted octanol–water partition coefficient (Wildman–Crippen LogP) is 1.91. The summed E-state index contributed by atoms with van der Waals surface area (Å²) in [6.45, 7) is 9.18. The third-order valence-electron chi connectivity index (χ3n) is 1.63. The lowest BCUT2D eigenvalue weighted by molar-refractivity contribution is -0.150. The van der Waals surface area contributed by atoms with Gasteiger partial charge in [-0.05, 0) is 34.6 Å². The van der Waals surface area contributed by atoms with Crippen LogP contribution in [0.5, 0.6) is 0 Å². The quantitative estimate of drug-likeness (QED) is 0.711. The van der Waals surface area contributed by atoms with Crippen LogP contribution in [-0.2, 0) is 9.53 Å². The third-order valence-corrected chi connectivity index (χ3v) is 1.63. The molecule has 72 valence electrons. The van der Waals surface area contributed by atoms with E-state index in [1.165, 1.54) is 0 Å². The SMILES string of the molecule is C[C@H](C(=O)O)[C@@H](C)OC(C)(C)C. The molecule has 0 saturated heterocycles. The van der Waals surface area contributed by atoms with Crippen molar-refractivity contribution < 1.29 is 14.6 Å². The molecule has 0 aromatic carbocycles. The summed E-state index contributed by atoms with van der Waals surface area (Å²) in [4.78, 5) is 10.5. The number of ether oxygens (including phenoxy) is 1. The lowest BCUT2D eigenvalue weighted by Crippen LogP contribution is -2.33. The maximum absolute atomic E-state index is 10.5. The second kappa shape index (κ2) is 3.90. The molecular formula is C9H18O3. The van der Waals surface area contributed by atoms with Crippen molar-refractivity contribution in [3.8, 4) is 0 Å². The zero-order chi connectivity index (χ0) is 9.94. The molecule has 3 heteroatoms. The first kappa shape index (κ1) is 11.4. The highest BCUT2D eigenvalue weighted by atomic mass is 16.5. The second-order valence-electron chi connectivity index (χ2n) is 4.06. The Kier molecular flexibility index (Phi) is 3.71. The van der Waals surface area contributed by atoms with Gasteiger partial charge in [0.1, 0.15) is 0 Å². The Morgan fingerprint density at radius 2 is 1.75 bits per heavy atom. The molecule has 0 radical (unpaired) electrons. The van der Waals surface area contributed by atoms with E-state index in [0.29, 0.717) is 0 Å². The Balaban J connectivity index is 4.04. The highest BCUT2D eigenvalue weighted by Crippen LogP contribution is 2.16. The highest BCUT2D eigenvalue weighted by molar-refractivity contribution is 5.70. The zero-order valence-corrected chi connectivity index (χ0v) is 8.42. The molecule has 1 N–H and O–H groups in total.